The van der Waals surface area contributed by atoms with E-state index in [1.807, 2.05) is 0 Å². The Balaban J connectivity index is 0.000000211. The third-order valence-electron chi connectivity index (χ3n) is 13.3. The SMILES string of the molecule is CC(C)O[C@@H]1C[C@H](S(=O)(=O)c2ccc(-c3cnn(C)c3)cc2C(F)(F)F)C[C@H]1C(=O)NC1(C#N)CC1.CC(C)O[C@H]1C[C@@H](S(=O)(=O)c2ccc(-c3cnn(C)c3)cc2C(F)(F)F)C[C@@H]1C(=O)NC1(C#N)CC1. The Morgan fingerprint density at radius 2 is 0.986 bits per heavy atom. The van der Waals surface area contributed by atoms with Crippen LogP contribution in [0.1, 0.15) is 90.2 Å². The second-order valence-electron chi connectivity index (χ2n) is 19.5. The van der Waals surface area contributed by atoms with E-state index in [0.29, 0.717) is 36.8 Å². The standard InChI is InChI=1S/2C24H27F3N4O4S/c2*1-14(2)35-20-10-17(9-18(20)22(32)30-23(13-28)6-7-23)36(33,34)21-5-4-15(8-19(21)24(25,26)27)16-11-29-31(3)12-16/h2*4-5,8,11-12,14,17-18,20H,6-7,9-10H2,1-3H3,(H,30,32)/t2*17-,18-,20-/m10/s1. The summed E-state index contributed by atoms with van der Waals surface area (Å²) in [6, 6.07) is 10.3. The van der Waals surface area contributed by atoms with Crippen molar-refractivity contribution in [3.05, 3.63) is 72.3 Å². The molecule has 388 valence electrons. The largest absolute Gasteiger partial charge is 0.417 e. The van der Waals surface area contributed by atoms with E-state index >= 15 is 0 Å². The summed E-state index contributed by atoms with van der Waals surface area (Å²) < 4.78 is 153. The van der Waals surface area contributed by atoms with Crippen LogP contribution in [0.4, 0.5) is 26.3 Å². The number of aryl methyl sites for hydroxylation is 2. The highest BCUT2D eigenvalue weighted by atomic mass is 32.2. The molecule has 0 spiro atoms. The van der Waals surface area contributed by atoms with E-state index in [1.165, 1.54) is 46.3 Å². The lowest BCUT2D eigenvalue weighted by Crippen LogP contribution is -2.43. The number of hydrogen-bond donors (Lipinski definition) is 2. The quantitative estimate of drug-likeness (QED) is 0.119. The second kappa shape index (κ2) is 19.9. The van der Waals surface area contributed by atoms with Gasteiger partial charge in [0.2, 0.25) is 11.8 Å². The molecule has 4 aromatic rings. The van der Waals surface area contributed by atoms with Crippen LogP contribution in [0.25, 0.3) is 22.3 Å². The van der Waals surface area contributed by atoms with E-state index in [-0.39, 0.29) is 49.0 Å². The minimum absolute atomic E-state index is 0.125. The summed E-state index contributed by atoms with van der Waals surface area (Å²) in [6.45, 7) is 6.92. The molecule has 72 heavy (non-hydrogen) atoms. The number of carbonyl (C=O) groups is 2. The Hall–Kier alpha value is -5.82. The lowest BCUT2D eigenvalue weighted by Gasteiger charge is -2.22. The molecule has 6 atom stereocenters. The van der Waals surface area contributed by atoms with Crippen LogP contribution in [0.15, 0.2) is 71.0 Å². The van der Waals surface area contributed by atoms with Crippen LogP contribution < -0.4 is 10.6 Å². The summed E-state index contributed by atoms with van der Waals surface area (Å²) in [6.07, 6.45) is -4.91. The van der Waals surface area contributed by atoms with E-state index in [2.05, 4.69) is 33.0 Å². The summed E-state index contributed by atoms with van der Waals surface area (Å²) in [5.74, 6) is -2.83. The summed E-state index contributed by atoms with van der Waals surface area (Å²) >= 11 is 0. The highest BCUT2D eigenvalue weighted by Gasteiger charge is 2.53. The molecule has 4 fully saturated rings. The number of nitrogens with one attached hydrogen (secondary N) is 2. The van der Waals surface area contributed by atoms with Crippen molar-refractivity contribution in [2.45, 2.75) is 147 Å². The lowest BCUT2D eigenvalue weighted by atomic mass is 10.0. The Morgan fingerprint density at radius 3 is 1.25 bits per heavy atom. The number of halogens is 6. The topological polar surface area (TPSA) is 228 Å². The molecule has 2 amide bonds. The van der Waals surface area contributed by atoms with E-state index < -0.39 is 110 Å². The zero-order valence-electron chi connectivity index (χ0n) is 40.1. The molecule has 4 aliphatic carbocycles. The maximum Gasteiger partial charge on any atom is 0.417 e. The van der Waals surface area contributed by atoms with Gasteiger partial charge in [-0.2, -0.15) is 47.1 Å². The van der Waals surface area contributed by atoms with Crippen molar-refractivity contribution in [2.24, 2.45) is 25.9 Å². The highest BCUT2D eigenvalue weighted by molar-refractivity contribution is 7.92. The Labute approximate surface area is 412 Å². The molecule has 8 rings (SSSR count). The number of aromatic nitrogens is 4. The molecule has 4 aliphatic rings. The summed E-state index contributed by atoms with van der Waals surface area (Å²) in [5, 5.41) is 29.4. The highest BCUT2D eigenvalue weighted by Crippen LogP contribution is 2.46. The van der Waals surface area contributed by atoms with E-state index in [1.54, 1.807) is 41.8 Å². The monoisotopic (exact) mass is 1050 g/mol. The number of ether oxygens (including phenoxy) is 2. The van der Waals surface area contributed by atoms with Gasteiger partial charge in [0.05, 0.1) is 92.2 Å². The van der Waals surface area contributed by atoms with Crippen molar-refractivity contribution in [2.75, 3.05) is 0 Å². The molecule has 0 bridgehead atoms. The van der Waals surface area contributed by atoms with Crippen molar-refractivity contribution in [1.82, 2.24) is 30.2 Å². The van der Waals surface area contributed by atoms with Crippen LogP contribution in [-0.4, -0.2) is 94.2 Å². The number of hydrogen-bond acceptors (Lipinski definition) is 12. The molecule has 2 aromatic carbocycles. The maximum absolute atomic E-state index is 14.0. The van der Waals surface area contributed by atoms with Gasteiger partial charge in [-0.3, -0.25) is 19.0 Å². The Morgan fingerprint density at radius 1 is 0.639 bits per heavy atom. The molecule has 2 N–H and O–H groups in total. The first kappa shape index (κ1) is 54.0. The molecular formula is C48H54F6N8O8S2. The predicted molar refractivity (Wildman–Crippen MR) is 246 cm³/mol. The van der Waals surface area contributed by atoms with E-state index in [9.17, 15) is 63.3 Å². The van der Waals surface area contributed by atoms with Crippen LogP contribution in [0.5, 0.6) is 0 Å². The minimum atomic E-state index is -4.92. The fourth-order valence-electron chi connectivity index (χ4n) is 9.26. The first-order valence-electron chi connectivity index (χ1n) is 23.2. The summed E-state index contributed by atoms with van der Waals surface area (Å²) in [5.41, 5.74) is -3.23. The number of sulfone groups is 2. The first-order chi connectivity index (χ1) is 33.5. The normalized spacial score (nSPS) is 23.4. The zero-order valence-corrected chi connectivity index (χ0v) is 41.7. The zero-order chi connectivity index (χ0) is 52.9. The summed E-state index contributed by atoms with van der Waals surface area (Å²) in [7, 11) is -5.72. The van der Waals surface area contributed by atoms with Gasteiger partial charge in [-0.15, -0.1) is 0 Å². The van der Waals surface area contributed by atoms with Crippen molar-refractivity contribution >= 4 is 31.5 Å². The predicted octanol–water partition coefficient (Wildman–Crippen LogP) is 7.25. The fraction of sp³-hybridized carbons (Fsp3) is 0.542. The number of nitrogens with zero attached hydrogens (tertiary/aromatic N) is 6. The third kappa shape index (κ3) is 11.7. The molecule has 0 unspecified atom stereocenters. The van der Waals surface area contributed by atoms with Gasteiger partial charge in [0.25, 0.3) is 0 Å². The average molecular weight is 1050 g/mol. The minimum Gasteiger partial charge on any atom is -0.375 e. The van der Waals surface area contributed by atoms with Crippen LogP contribution in [-0.2, 0) is 65.2 Å². The van der Waals surface area contributed by atoms with Crippen LogP contribution in [0.2, 0.25) is 0 Å². The molecule has 2 heterocycles. The van der Waals surface area contributed by atoms with Crippen molar-refractivity contribution in [1.29, 1.82) is 10.5 Å². The van der Waals surface area contributed by atoms with Crippen LogP contribution in [0.3, 0.4) is 0 Å². The van der Waals surface area contributed by atoms with Gasteiger partial charge in [0, 0.05) is 37.6 Å². The van der Waals surface area contributed by atoms with Gasteiger partial charge < -0.3 is 20.1 Å². The summed E-state index contributed by atoms with van der Waals surface area (Å²) in [4.78, 5) is 24.3. The first-order valence-corrected chi connectivity index (χ1v) is 26.3. The molecule has 0 saturated heterocycles. The molecule has 0 radical (unpaired) electrons. The van der Waals surface area contributed by atoms with Crippen molar-refractivity contribution in [3.63, 3.8) is 0 Å². The van der Waals surface area contributed by atoms with Gasteiger partial charge in [0.1, 0.15) is 11.1 Å². The van der Waals surface area contributed by atoms with Crippen LogP contribution >= 0.6 is 0 Å². The Kier molecular flexibility index (Phi) is 14.9. The molecule has 4 saturated carbocycles. The van der Waals surface area contributed by atoms with Gasteiger partial charge in [-0.25, -0.2) is 16.8 Å². The fourth-order valence-corrected chi connectivity index (χ4v) is 13.3. The van der Waals surface area contributed by atoms with Crippen LogP contribution in [0, 0.1) is 34.5 Å². The number of alkyl halides is 6. The number of carbonyl (C=O) groups excluding carboxylic acids is 2. The maximum atomic E-state index is 14.0. The lowest BCUT2D eigenvalue weighted by molar-refractivity contribution is -0.140. The molecule has 2 aromatic heterocycles. The van der Waals surface area contributed by atoms with Gasteiger partial charge in [-0.05, 0) is 114 Å². The number of amides is 2. The number of nitriles is 2. The van der Waals surface area contributed by atoms with Gasteiger partial charge >= 0.3 is 12.4 Å². The second-order valence-corrected chi connectivity index (χ2v) is 23.9. The number of benzene rings is 2. The average Bonchev–Trinajstić information content (AvgIpc) is 3.91. The molecule has 16 nitrogen and oxygen atoms in total. The van der Waals surface area contributed by atoms with Gasteiger partial charge in [-0.1, -0.05) is 12.1 Å². The third-order valence-corrected chi connectivity index (χ3v) is 17.7. The number of rotatable bonds is 14. The van der Waals surface area contributed by atoms with E-state index in [4.69, 9.17) is 9.47 Å². The molecule has 24 heteroatoms. The molecule has 0 aliphatic heterocycles. The van der Waals surface area contributed by atoms with Crippen molar-refractivity contribution < 1.29 is 62.2 Å². The van der Waals surface area contributed by atoms with Crippen molar-refractivity contribution in [3.8, 4) is 34.4 Å². The molecular weight excluding hydrogens is 995 g/mol. The Bertz CT molecular complexity index is 2820. The smallest absolute Gasteiger partial charge is 0.375 e. The van der Waals surface area contributed by atoms with Gasteiger partial charge in [0.15, 0.2) is 19.7 Å². The van der Waals surface area contributed by atoms with E-state index in [0.717, 1.165) is 24.3 Å².